The van der Waals surface area contributed by atoms with Crippen LogP contribution >= 0.6 is 15.9 Å². The molecule has 1 rings (SSSR count). The van der Waals surface area contributed by atoms with E-state index in [4.69, 9.17) is 15.2 Å². The lowest BCUT2D eigenvalue weighted by Gasteiger charge is -2.08. The average Bonchev–Trinajstić information content (AvgIpc) is 2.45. The molecule has 0 aliphatic carbocycles. The van der Waals surface area contributed by atoms with Gasteiger partial charge in [0.2, 0.25) is 0 Å². The Morgan fingerprint density at radius 3 is 2.75 bits per heavy atom. The number of aliphatic imine (C=N–C) groups is 1. The highest BCUT2D eigenvalue weighted by atomic mass is 79.9. The fourth-order valence-corrected chi connectivity index (χ4v) is 1.71. The van der Waals surface area contributed by atoms with Crippen molar-refractivity contribution >= 4 is 21.9 Å². The molecule has 0 unspecified atom stereocenters. The summed E-state index contributed by atoms with van der Waals surface area (Å²) in [6.45, 7) is 5.27. The minimum atomic E-state index is 0.445. The van der Waals surface area contributed by atoms with E-state index in [9.17, 15) is 0 Å². The normalized spacial score (nSPS) is 11.4. The van der Waals surface area contributed by atoms with E-state index >= 15 is 0 Å². The zero-order chi connectivity index (χ0) is 14.6. The molecule has 0 radical (unpaired) electrons. The number of rotatable bonds is 9. The van der Waals surface area contributed by atoms with Crippen molar-refractivity contribution in [2.45, 2.75) is 13.3 Å². The Labute approximate surface area is 128 Å². The second-order valence-electron chi connectivity index (χ2n) is 4.05. The fraction of sp³-hybridized carbons (Fsp3) is 0.500. The van der Waals surface area contributed by atoms with Crippen LogP contribution in [0.2, 0.25) is 0 Å². The molecule has 0 saturated carbocycles. The number of nitrogens with two attached hydrogens (primary N) is 1. The third kappa shape index (κ3) is 8.01. The summed E-state index contributed by atoms with van der Waals surface area (Å²) >= 11 is 3.38. The summed E-state index contributed by atoms with van der Waals surface area (Å²) in [5, 5.41) is 3.01. The average molecular weight is 344 g/mol. The summed E-state index contributed by atoms with van der Waals surface area (Å²) in [4.78, 5) is 4.19. The van der Waals surface area contributed by atoms with Gasteiger partial charge in [-0.3, -0.25) is 4.99 Å². The number of benzene rings is 1. The standard InChI is InChI=1S/C14H22BrN3O2/c1-2-19-10-3-8-17-14(16)18-9-11-20-13-6-4-12(15)5-7-13/h4-7H,2-3,8-11H2,1H3,(H3,16,17,18). The van der Waals surface area contributed by atoms with Gasteiger partial charge >= 0.3 is 0 Å². The molecule has 0 amide bonds. The number of guanidine groups is 1. The maximum Gasteiger partial charge on any atom is 0.188 e. The van der Waals surface area contributed by atoms with Gasteiger partial charge in [-0.25, -0.2) is 0 Å². The Kier molecular flexibility index (Phi) is 8.82. The topological polar surface area (TPSA) is 68.9 Å². The lowest BCUT2D eigenvalue weighted by atomic mass is 10.3. The quantitative estimate of drug-likeness (QED) is 0.409. The SMILES string of the molecule is CCOCCCN=C(N)NCCOc1ccc(Br)cc1. The molecule has 3 N–H and O–H groups in total. The smallest absolute Gasteiger partial charge is 0.188 e. The van der Waals surface area contributed by atoms with Crippen molar-refractivity contribution in [1.82, 2.24) is 5.32 Å². The first-order valence-corrected chi connectivity index (χ1v) is 7.51. The van der Waals surface area contributed by atoms with Crippen LogP contribution in [0.5, 0.6) is 5.75 Å². The lowest BCUT2D eigenvalue weighted by molar-refractivity contribution is 0.146. The van der Waals surface area contributed by atoms with E-state index in [1.165, 1.54) is 0 Å². The highest BCUT2D eigenvalue weighted by Gasteiger charge is 1.95. The molecular formula is C14H22BrN3O2. The van der Waals surface area contributed by atoms with Gasteiger partial charge < -0.3 is 20.5 Å². The van der Waals surface area contributed by atoms with Crippen LogP contribution in [0.15, 0.2) is 33.7 Å². The van der Waals surface area contributed by atoms with Crippen LogP contribution in [0.25, 0.3) is 0 Å². The molecule has 0 heterocycles. The van der Waals surface area contributed by atoms with Crippen LogP contribution in [0.3, 0.4) is 0 Å². The van der Waals surface area contributed by atoms with Gasteiger partial charge in [0.25, 0.3) is 0 Å². The highest BCUT2D eigenvalue weighted by molar-refractivity contribution is 9.10. The van der Waals surface area contributed by atoms with Crippen LogP contribution in [-0.4, -0.2) is 38.9 Å². The van der Waals surface area contributed by atoms with E-state index in [0.29, 0.717) is 25.7 Å². The van der Waals surface area contributed by atoms with Crippen LogP contribution in [0, 0.1) is 0 Å². The molecule has 0 atom stereocenters. The molecule has 0 aromatic heterocycles. The van der Waals surface area contributed by atoms with Gasteiger partial charge in [-0.15, -0.1) is 0 Å². The molecule has 112 valence electrons. The van der Waals surface area contributed by atoms with Gasteiger partial charge in [0.15, 0.2) is 5.96 Å². The highest BCUT2D eigenvalue weighted by Crippen LogP contribution is 2.15. The molecule has 1 aromatic carbocycles. The fourth-order valence-electron chi connectivity index (χ4n) is 1.45. The molecule has 0 aliphatic rings. The first kappa shape index (κ1) is 16.8. The molecule has 0 fully saturated rings. The van der Waals surface area contributed by atoms with Crippen LogP contribution in [0.1, 0.15) is 13.3 Å². The zero-order valence-electron chi connectivity index (χ0n) is 11.8. The first-order chi connectivity index (χ1) is 9.72. The maximum atomic E-state index is 5.72. The van der Waals surface area contributed by atoms with Gasteiger partial charge in [-0.05, 0) is 37.6 Å². The molecule has 6 heteroatoms. The predicted molar refractivity (Wildman–Crippen MR) is 85.2 cm³/mol. The summed E-state index contributed by atoms with van der Waals surface area (Å²) in [7, 11) is 0. The number of nitrogens with one attached hydrogen (secondary N) is 1. The van der Waals surface area contributed by atoms with Crippen LogP contribution < -0.4 is 15.8 Å². The van der Waals surface area contributed by atoms with Gasteiger partial charge in [0.1, 0.15) is 12.4 Å². The molecule has 5 nitrogen and oxygen atoms in total. The minimum Gasteiger partial charge on any atom is -0.492 e. The van der Waals surface area contributed by atoms with Crippen molar-refractivity contribution in [2.24, 2.45) is 10.7 Å². The summed E-state index contributed by atoms with van der Waals surface area (Å²) < 4.78 is 11.8. The van der Waals surface area contributed by atoms with Gasteiger partial charge in [-0.1, -0.05) is 15.9 Å². The Morgan fingerprint density at radius 2 is 2.05 bits per heavy atom. The maximum absolute atomic E-state index is 5.72. The zero-order valence-corrected chi connectivity index (χ0v) is 13.4. The largest absolute Gasteiger partial charge is 0.492 e. The molecule has 1 aromatic rings. The Morgan fingerprint density at radius 1 is 1.30 bits per heavy atom. The number of nitrogens with zero attached hydrogens (tertiary/aromatic N) is 1. The summed E-state index contributed by atoms with van der Waals surface area (Å²) in [5.74, 6) is 1.28. The molecule has 20 heavy (non-hydrogen) atoms. The van der Waals surface area contributed by atoms with Crippen molar-refractivity contribution in [1.29, 1.82) is 0 Å². The Hall–Kier alpha value is -1.27. The lowest BCUT2D eigenvalue weighted by Crippen LogP contribution is -2.34. The third-order valence-corrected chi connectivity index (χ3v) is 2.95. The number of hydrogen-bond donors (Lipinski definition) is 2. The van der Waals surface area contributed by atoms with Crippen LogP contribution in [0.4, 0.5) is 0 Å². The number of ether oxygens (including phenoxy) is 2. The van der Waals surface area contributed by atoms with E-state index in [-0.39, 0.29) is 0 Å². The summed E-state index contributed by atoms with van der Waals surface area (Å²) in [5.41, 5.74) is 5.72. The van der Waals surface area contributed by atoms with E-state index in [0.717, 1.165) is 29.9 Å². The molecule has 0 bridgehead atoms. The van der Waals surface area contributed by atoms with Crippen molar-refractivity contribution in [2.75, 3.05) is 32.9 Å². The number of hydrogen-bond acceptors (Lipinski definition) is 3. The van der Waals surface area contributed by atoms with Crippen molar-refractivity contribution in [3.05, 3.63) is 28.7 Å². The van der Waals surface area contributed by atoms with Crippen molar-refractivity contribution < 1.29 is 9.47 Å². The summed E-state index contributed by atoms with van der Waals surface area (Å²) in [6.07, 6.45) is 0.881. The third-order valence-electron chi connectivity index (χ3n) is 2.42. The minimum absolute atomic E-state index is 0.445. The molecule has 0 spiro atoms. The van der Waals surface area contributed by atoms with Crippen molar-refractivity contribution in [3.63, 3.8) is 0 Å². The van der Waals surface area contributed by atoms with Crippen molar-refractivity contribution in [3.8, 4) is 5.75 Å². The van der Waals surface area contributed by atoms with E-state index in [1.807, 2.05) is 31.2 Å². The number of halogens is 1. The van der Waals surface area contributed by atoms with Gasteiger partial charge in [0.05, 0.1) is 6.54 Å². The predicted octanol–water partition coefficient (Wildman–Crippen LogP) is 2.16. The summed E-state index contributed by atoms with van der Waals surface area (Å²) in [6, 6.07) is 7.71. The monoisotopic (exact) mass is 343 g/mol. The Balaban J connectivity index is 2.07. The van der Waals surface area contributed by atoms with Gasteiger partial charge in [-0.2, -0.15) is 0 Å². The second kappa shape index (κ2) is 10.5. The van der Waals surface area contributed by atoms with Gasteiger partial charge in [0, 0.05) is 24.2 Å². The van der Waals surface area contributed by atoms with E-state index < -0.39 is 0 Å². The molecule has 0 aliphatic heterocycles. The first-order valence-electron chi connectivity index (χ1n) is 6.72. The molecular weight excluding hydrogens is 322 g/mol. The Bertz CT molecular complexity index is 396. The van der Waals surface area contributed by atoms with Crippen LogP contribution in [-0.2, 0) is 4.74 Å². The van der Waals surface area contributed by atoms with E-state index in [2.05, 4.69) is 26.2 Å². The molecule has 0 saturated heterocycles. The van der Waals surface area contributed by atoms with E-state index in [1.54, 1.807) is 0 Å². The second-order valence-corrected chi connectivity index (χ2v) is 4.96.